The average Bonchev–Trinajstić information content (AvgIpc) is 2.92. The lowest BCUT2D eigenvalue weighted by atomic mass is 10.0. The molecule has 2 fully saturated rings. The van der Waals surface area contributed by atoms with E-state index >= 15 is 0 Å². The van der Waals surface area contributed by atoms with E-state index in [0.717, 1.165) is 36.9 Å². The van der Waals surface area contributed by atoms with Gasteiger partial charge in [0, 0.05) is 24.1 Å². The van der Waals surface area contributed by atoms with E-state index in [1.54, 1.807) is 0 Å². The lowest BCUT2D eigenvalue weighted by molar-refractivity contribution is -0.146. The minimum absolute atomic E-state index is 0.102. The number of hydrogen-bond acceptors (Lipinski definition) is 3. The molecule has 21 heavy (non-hydrogen) atoms. The Morgan fingerprint density at radius 1 is 1.52 bits per heavy atom. The third-order valence-electron chi connectivity index (χ3n) is 4.35. The molecule has 0 radical (unpaired) electrons. The van der Waals surface area contributed by atoms with Crippen molar-refractivity contribution in [3.63, 3.8) is 0 Å². The molecule has 0 aliphatic carbocycles. The number of carbonyl (C=O) groups is 1. The highest BCUT2D eigenvalue weighted by atomic mass is 79.9. The number of amides is 1. The molecule has 1 aromatic rings. The van der Waals surface area contributed by atoms with Gasteiger partial charge in [0.05, 0.1) is 11.6 Å². The summed E-state index contributed by atoms with van der Waals surface area (Å²) in [7, 11) is 0. The summed E-state index contributed by atoms with van der Waals surface area (Å²) in [4.78, 5) is 14.4. The van der Waals surface area contributed by atoms with Crippen LogP contribution in [-0.2, 0) is 9.53 Å². The van der Waals surface area contributed by atoms with Crippen molar-refractivity contribution >= 4 is 21.8 Å². The summed E-state index contributed by atoms with van der Waals surface area (Å²) in [6.45, 7) is 4.72. The van der Waals surface area contributed by atoms with Crippen molar-refractivity contribution in [3.05, 3.63) is 34.3 Å². The molecule has 2 aliphatic rings. The van der Waals surface area contributed by atoms with E-state index < -0.39 is 0 Å². The Balaban J connectivity index is 1.64. The van der Waals surface area contributed by atoms with Crippen LogP contribution >= 0.6 is 15.9 Å². The van der Waals surface area contributed by atoms with Gasteiger partial charge in [-0.15, -0.1) is 0 Å². The first-order valence-electron chi connectivity index (χ1n) is 7.47. The second-order valence-corrected chi connectivity index (χ2v) is 7.06. The third-order valence-corrected chi connectivity index (χ3v) is 4.84. The van der Waals surface area contributed by atoms with Crippen LogP contribution in [0.5, 0.6) is 0 Å². The van der Waals surface area contributed by atoms with E-state index in [1.165, 1.54) is 5.56 Å². The number of likely N-dealkylation sites (tertiary alicyclic amines) is 1. The first-order chi connectivity index (χ1) is 10.1. The molecule has 3 rings (SSSR count). The molecule has 1 amide bonds. The Morgan fingerprint density at radius 3 is 3.00 bits per heavy atom. The van der Waals surface area contributed by atoms with E-state index in [-0.39, 0.29) is 24.2 Å². The average molecular weight is 353 g/mol. The van der Waals surface area contributed by atoms with Crippen molar-refractivity contribution in [1.29, 1.82) is 0 Å². The summed E-state index contributed by atoms with van der Waals surface area (Å²) in [5, 5.41) is 3.18. The number of carbonyl (C=O) groups excluding carboxylic acids is 1. The van der Waals surface area contributed by atoms with Crippen molar-refractivity contribution in [1.82, 2.24) is 10.2 Å². The molecule has 0 saturated carbocycles. The highest BCUT2D eigenvalue weighted by molar-refractivity contribution is 9.10. The normalized spacial score (nSPS) is 23.9. The molecule has 0 aromatic heterocycles. The molecule has 5 heteroatoms. The van der Waals surface area contributed by atoms with Crippen LogP contribution in [0.1, 0.15) is 31.4 Å². The summed E-state index contributed by atoms with van der Waals surface area (Å²) in [5.41, 5.74) is 1.03. The lowest BCUT2D eigenvalue weighted by Gasteiger charge is -2.39. The zero-order valence-corrected chi connectivity index (χ0v) is 13.9. The van der Waals surface area contributed by atoms with Gasteiger partial charge in [0.25, 0.3) is 0 Å². The van der Waals surface area contributed by atoms with Crippen LogP contribution in [0.25, 0.3) is 0 Å². The van der Waals surface area contributed by atoms with Gasteiger partial charge in [-0.1, -0.05) is 28.1 Å². The van der Waals surface area contributed by atoms with Crippen LogP contribution in [0.3, 0.4) is 0 Å². The van der Waals surface area contributed by atoms with Crippen LogP contribution in [0, 0.1) is 0 Å². The first-order valence-corrected chi connectivity index (χ1v) is 8.26. The summed E-state index contributed by atoms with van der Waals surface area (Å²) in [6, 6.07) is 8.43. The standard InChI is InChI=1S/C16H21BrN2O2/c1-16(10-18-11-16)21-9-15(20)19-7-3-6-14(19)12-4-2-5-13(17)8-12/h2,4-5,8,14,18H,3,6-7,9-11H2,1H3. The van der Waals surface area contributed by atoms with Gasteiger partial charge in [-0.05, 0) is 37.5 Å². The minimum atomic E-state index is -0.166. The molecular weight excluding hydrogens is 332 g/mol. The number of rotatable bonds is 4. The number of hydrogen-bond donors (Lipinski definition) is 1. The topological polar surface area (TPSA) is 41.6 Å². The largest absolute Gasteiger partial charge is 0.363 e. The van der Waals surface area contributed by atoms with E-state index in [4.69, 9.17) is 4.74 Å². The quantitative estimate of drug-likeness (QED) is 0.904. The maximum absolute atomic E-state index is 12.5. The number of benzene rings is 1. The Labute approximate surface area is 134 Å². The Morgan fingerprint density at radius 2 is 2.33 bits per heavy atom. The molecule has 2 aliphatic heterocycles. The summed E-state index contributed by atoms with van der Waals surface area (Å²) in [5.74, 6) is 0.102. The third kappa shape index (κ3) is 3.30. The van der Waals surface area contributed by atoms with Gasteiger partial charge in [-0.3, -0.25) is 4.79 Å². The molecule has 2 saturated heterocycles. The van der Waals surface area contributed by atoms with E-state index in [2.05, 4.69) is 33.4 Å². The maximum atomic E-state index is 12.5. The van der Waals surface area contributed by atoms with Crippen LogP contribution in [-0.4, -0.2) is 42.6 Å². The van der Waals surface area contributed by atoms with Crippen molar-refractivity contribution in [2.45, 2.75) is 31.4 Å². The van der Waals surface area contributed by atoms with E-state index in [1.807, 2.05) is 24.0 Å². The molecule has 4 nitrogen and oxygen atoms in total. The Bertz CT molecular complexity index is 531. The minimum Gasteiger partial charge on any atom is -0.363 e. The fraction of sp³-hybridized carbons (Fsp3) is 0.562. The predicted octanol–water partition coefficient (Wildman–Crippen LogP) is 2.49. The lowest BCUT2D eigenvalue weighted by Crippen LogP contribution is -2.59. The molecule has 0 bridgehead atoms. The predicted molar refractivity (Wildman–Crippen MR) is 85.1 cm³/mol. The van der Waals surface area contributed by atoms with Crippen LogP contribution in [0.4, 0.5) is 0 Å². The molecule has 0 spiro atoms. The summed E-state index contributed by atoms with van der Waals surface area (Å²) >= 11 is 3.50. The first kappa shape index (κ1) is 15.0. The summed E-state index contributed by atoms with van der Waals surface area (Å²) in [6.07, 6.45) is 2.09. The molecule has 1 N–H and O–H groups in total. The molecule has 1 atom stereocenters. The molecule has 1 aromatic carbocycles. The van der Waals surface area contributed by atoms with Crippen molar-refractivity contribution < 1.29 is 9.53 Å². The highest BCUT2D eigenvalue weighted by Gasteiger charge is 2.35. The van der Waals surface area contributed by atoms with Crippen molar-refractivity contribution in [2.75, 3.05) is 26.2 Å². The Kier molecular flexibility index (Phi) is 4.33. The van der Waals surface area contributed by atoms with Gasteiger partial charge in [0.2, 0.25) is 5.91 Å². The monoisotopic (exact) mass is 352 g/mol. The number of nitrogens with zero attached hydrogens (tertiary/aromatic N) is 1. The number of ether oxygens (including phenoxy) is 1. The van der Waals surface area contributed by atoms with Gasteiger partial charge in [0.1, 0.15) is 6.61 Å². The second-order valence-electron chi connectivity index (χ2n) is 6.14. The Hall–Kier alpha value is -0.910. The molecule has 1 unspecified atom stereocenters. The molecular formula is C16H21BrN2O2. The van der Waals surface area contributed by atoms with Gasteiger partial charge in [-0.25, -0.2) is 0 Å². The smallest absolute Gasteiger partial charge is 0.249 e. The maximum Gasteiger partial charge on any atom is 0.249 e. The number of nitrogens with one attached hydrogen (secondary N) is 1. The zero-order valence-electron chi connectivity index (χ0n) is 12.3. The fourth-order valence-electron chi connectivity index (χ4n) is 3.02. The van der Waals surface area contributed by atoms with Gasteiger partial charge < -0.3 is 15.0 Å². The summed E-state index contributed by atoms with van der Waals surface area (Å²) < 4.78 is 6.84. The van der Waals surface area contributed by atoms with Gasteiger partial charge in [-0.2, -0.15) is 0 Å². The van der Waals surface area contributed by atoms with Crippen LogP contribution in [0.15, 0.2) is 28.7 Å². The fourth-order valence-corrected chi connectivity index (χ4v) is 3.44. The van der Waals surface area contributed by atoms with E-state index in [9.17, 15) is 4.79 Å². The van der Waals surface area contributed by atoms with Crippen molar-refractivity contribution in [3.8, 4) is 0 Å². The van der Waals surface area contributed by atoms with Gasteiger partial charge >= 0.3 is 0 Å². The number of halogens is 1. The highest BCUT2D eigenvalue weighted by Crippen LogP contribution is 2.33. The van der Waals surface area contributed by atoms with E-state index in [0.29, 0.717) is 0 Å². The van der Waals surface area contributed by atoms with Gasteiger partial charge in [0.15, 0.2) is 0 Å². The van der Waals surface area contributed by atoms with Crippen LogP contribution in [0.2, 0.25) is 0 Å². The SMILES string of the molecule is CC1(OCC(=O)N2CCCC2c2cccc(Br)c2)CNC1. The zero-order chi connectivity index (χ0) is 14.9. The van der Waals surface area contributed by atoms with Crippen LogP contribution < -0.4 is 5.32 Å². The van der Waals surface area contributed by atoms with Crippen molar-refractivity contribution in [2.24, 2.45) is 0 Å². The molecule has 114 valence electrons. The second kappa shape index (κ2) is 6.07. The molecule has 2 heterocycles.